The number of nitrogens with zero attached hydrogens (tertiary/aromatic N) is 1. The lowest BCUT2D eigenvalue weighted by atomic mass is 10.1. The van der Waals surface area contributed by atoms with Crippen molar-refractivity contribution in [3.63, 3.8) is 0 Å². The minimum Gasteiger partial charge on any atom is -0.496 e. The van der Waals surface area contributed by atoms with Crippen LogP contribution < -0.4 is 4.74 Å². The third-order valence-corrected chi connectivity index (χ3v) is 4.55. The van der Waals surface area contributed by atoms with Gasteiger partial charge in [0.1, 0.15) is 16.5 Å². The van der Waals surface area contributed by atoms with Crippen LogP contribution in [0.5, 0.6) is 5.75 Å². The molecule has 1 aromatic heterocycles. The van der Waals surface area contributed by atoms with Crippen LogP contribution in [0.1, 0.15) is 16.5 Å². The van der Waals surface area contributed by atoms with Crippen LogP contribution in [0.3, 0.4) is 0 Å². The van der Waals surface area contributed by atoms with Gasteiger partial charge in [0.2, 0.25) is 0 Å². The Labute approximate surface area is 120 Å². The quantitative estimate of drug-likeness (QED) is 0.884. The van der Waals surface area contributed by atoms with Crippen LogP contribution in [-0.2, 0) is 0 Å². The van der Waals surface area contributed by atoms with Gasteiger partial charge in [-0.3, -0.25) is 0 Å². The molecule has 1 N–H and O–H groups in total. The first-order valence-corrected chi connectivity index (χ1v) is 7.20. The average Bonchev–Trinajstić information content (AvgIpc) is 2.74. The van der Waals surface area contributed by atoms with Gasteiger partial charge in [-0.1, -0.05) is 15.9 Å². The molecule has 1 aromatic carbocycles. The van der Waals surface area contributed by atoms with Crippen LogP contribution >= 0.6 is 43.2 Å². The lowest BCUT2D eigenvalue weighted by Gasteiger charge is -2.14. The summed E-state index contributed by atoms with van der Waals surface area (Å²) in [5.41, 5.74) is 2.40. The lowest BCUT2D eigenvalue weighted by Crippen LogP contribution is -2.01. The highest BCUT2D eigenvalue weighted by molar-refractivity contribution is 9.10. The number of rotatable bonds is 3. The lowest BCUT2D eigenvalue weighted by molar-refractivity contribution is 0.217. The molecule has 0 saturated carbocycles. The third kappa shape index (κ3) is 2.70. The van der Waals surface area contributed by atoms with Crippen LogP contribution in [0.15, 0.2) is 32.8 Å². The first-order chi connectivity index (χ1) is 8.13. The van der Waals surface area contributed by atoms with Gasteiger partial charge < -0.3 is 9.84 Å². The Bertz CT molecular complexity index is 530. The molecular weight excluding hydrogens is 370 g/mol. The molecule has 2 aromatic rings. The van der Waals surface area contributed by atoms with Gasteiger partial charge in [0.15, 0.2) is 0 Å². The molecule has 1 heterocycles. The molecule has 0 aliphatic rings. The van der Waals surface area contributed by atoms with Crippen LogP contribution in [0.25, 0.3) is 0 Å². The SMILES string of the molecule is COc1ccc(Br)cc1C(O)c1scnc1Br. The number of aromatic nitrogens is 1. The average molecular weight is 379 g/mol. The Balaban J connectivity index is 2.46. The Hall–Kier alpha value is -0.430. The van der Waals surface area contributed by atoms with E-state index in [1.807, 2.05) is 18.2 Å². The highest BCUT2D eigenvalue weighted by atomic mass is 79.9. The molecule has 90 valence electrons. The van der Waals surface area contributed by atoms with E-state index in [1.165, 1.54) is 11.3 Å². The van der Waals surface area contributed by atoms with E-state index in [4.69, 9.17) is 4.74 Å². The van der Waals surface area contributed by atoms with Crippen molar-refractivity contribution < 1.29 is 9.84 Å². The summed E-state index contributed by atoms with van der Waals surface area (Å²) >= 11 is 8.10. The van der Waals surface area contributed by atoms with E-state index in [0.29, 0.717) is 15.9 Å². The summed E-state index contributed by atoms with van der Waals surface area (Å²) in [6.45, 7) is 0. The largest absolute Gasteiger partial charge is 0.496 e. The summed E-state index contributed by atoms with van der Waals surface area (Å²) in [6.07, 6.45) is -0.746. The molecule has 0 aliphatic heterocycles. The third-order valence-electron chi connectivity index (χ3n) is 2.28. The molecule has 0 fully saturated rings. The standard InChI is InChI=1S/C11H9Br2NO2S/c1-16-8-3-2-6(12)4-7(8)9(15)10-11(13)14-5-17-10/h2-5,9,15H,1H3. The maximum absolute atomic E-state index is 10.3. The number of thiazole rings is 1. The van der Waals surface area contributed by atoms with Crippen LogP contribution in [0.2, 0.25) is 0 Å². The van der Waals surface area contributed by atoms with Gasteiger partial charge in [-0.15, -0.1) is 11.3 Å². The molecule has 0 aliphatic carbocycles. The van der Waals surface area contributed by atoms with Crippen molar-refractivity contribution in [2.75, 3.05) is 7.11 Å². The highest BCUT2D eigenvalue weighted by Crippen LogP contribution is 2.36. The molecule has 0 spiro atoms. The van der Waals surface area contributed by atoms with Gasteiger partial charge in [-0.25, -0.2) is 4.98 Å². The minimum absolute atomic E-state index is 0.654. The fourth-order valence-corrected chi connectivity index (χ4v) is 3.27. The molecule has 1 unspecified atom stereocenters. The first kappa shape index (κ1) is 13.0. The number of aliphatic hydroxyl groups is 1. The number of hydrogen-bond acceptors (Lipinski definition) is 4. The predicted octanol–water partition coefficient (Wildman–Crippen LogP) is 3.76. The van der Waals surface area contributed by atoms with Crippen molar-refractivity contribution in [1.82, 2.24) is 4.98 Å². The van der Waals surface area contributed by atoms with E-state index in [9.17, 15) is 5.11 Å². The summed E-state index contributed by atoms with van der Waals surface area (Å²) in [6, 6.07) is 5.53. The fraction of sp³-hybridized carbons (Fsp3) is 0.182. The summed E-state index contributed by atoms with van der Waals surface area (Å²) in [7, 11) is 1.58. The Kier molecular flexibility index (Phi) is 4.19. The zero-order valence-electron chi connectivity index (χ0n) is 8.85. The van der Waals surface area contributed by atoms with Gasteiger partial charge in [0.25, 0.3) is 0 Å². The smallest absolute Gasteiger partial charge is 0.125 e. The predicted molar refractivity (Wildman–Crippen MR) is 74.6 cm³/mol. The van der Waals surface area contributed by atoms with Crippen LogP contribution in [-0.4, -0.2) is 17.2 Å². The van der Waals surface area contributed by atoms with Gasteiger partial charge in [-0.2, -0.15) is 0 Å². The van der Waals surface area contributed by atoms with Gasteiger partial charge in [0.05, 0.1) is 17.5 Å². The number of ether oxygens (including phenoxy) is 1. The molecule has 17 heavy (non-hydrogen) atoms. The Morgan fingerprint density at radius 3 is 2.76 bits per heavy atom. The number of aliphatic hydroxyl groups excluding tert-OH is 1. The zero-order chi connectivity index (χ0) is 12.4. The van der Waals surface area contributed by atoms with E-state index in [0.717, 1.165) is 9.35 Å². The van der Waals surface area contributed by atoms with E-state index in [-0.39, 0.29) is 0 Å². The Morgan fingerprint density at radius 1 is 1.41 bits per heavy atom. The monoisotopic (exact) mass is 377 g/mol. The maximum atomic E-state index is 10.3. The molecule has 1 atom stereocenters. The Morgan fingerprint density at radius 2 is 2.18 bits per heavy atom. The molecular formula is C11H9Br2NO2S. The molecule has 3 nitrogen and oxygen atoms in total. The molecule has 6 heteroatoms. The molecule has 0 amide bonds. The number of benzene rings is 1. The van der Waals surface area contributed by atoms with Crippen molar-refractivity contribution in [2.24, 2.45) is 0 Å². The van der Waals surface area contributed by atoms with Crippen molar-refractivity contribution >= 4 is 43.2 Å². The second-order valence-corrected chi connectivity index (χ2v) is 5.85. The summed E-state index contributed by atoms with van der Waals surface area (Å²) in [4.78, 5) is 4.83. The maximum Gasteiger partial charge on any atom is 0.125 e. The molecule has 0 saturated heterocycles. The molecule has 0 bridgehead atoms. The second-order valence-electron chi connectivity index (χ2n) is 3.30. The molecule has 2 rings (SSSR count). The van der Waals surface area contributed by atoms with E-state index in [2.05, 4.69) is 36.8 Å². The fourth-order valence-electron chi connectivity index (χ4n) is 1.48. The summed E-state index contributed by atoms with van der Waals surface area (Å²) in [5.74, 6) is 0.654. The minimum atomic E-state index is -0.746. The van der Waals surface area contributed by atoms with E-state index in [1.54, 1.807) is 12.6 Å². The van der Waals surface area contributed by atoms with Crippen molar-refractivity contribution in [1.29, 1.82) is 0 Å². The van der Waals surface area contributed by atoms with Crippen LogP contribution in [0, 0.1) is 0 Å². The summed E-state index contributed by atoms with van der Waals surface area (Å²) in [5, 5.41) is 10.3. The zero-order valence-corrected chi connectivity index (χ0v) is 12.8. The van der Waals surface area contributed by atoms with Gasteiger partial charge in [-0.05, 0) is 34.1 Å². The van der Waals surface area contributed by atoms with Crippen LogP contribution in [0.4, 0.5) is 0 Å². The van der Waals surface area contributed by atoms with Gasteiger partial charge >= 0.3 is 0 Å². The normalized spacial score (nSPS) is 12.5. The topological polar surface area (TPSA) is 42.4 Å². The first-order valence-electron chi connectivity index (χ1n) is 4.74. The number of methoxy groups -OCH3 is 1. The summed E-state index contributed by atoms with van der Waals surface area (Å²) < 4.78 is 6.81. The van der Waals surface area contributed by atoms with Gasteiger partial charge in [0, 0.05) is 10.0 Å². The van der Waals surface area contributed by atoms with Crippen molar-refractivity contribution in [3.8, 4) is 5.75 Å². The van der Waals surface area contributed by atoms with E-state index >= 15 is 0 Å². The second kappa shape index (κ2) is 5.48. The van der Waals surface area contributed by atoms with Crippen molar-refractivity contribution in [2.45, 2.75) is 6.10 Å². The number of hydrogen-bond donors (Lipinski definition) is 1. The van der Waals surface area contributed by atoms with Crippen molar-refractivity contribution in [3.05, 3.63) is 43.2 Å². The van der Waals surface area contributed by atoms with E-state index < -0.39 is 6.10 Å². The highest BCUT2D eigenvalue weighted by Gasteiger charge is 2.20. The number of halogens is 2. The molecule has 0 radical (unpaired) electrons.